The minimum absolute atomic E-state index is 0.0529. The topological polar surface area (TPSA) is 53.6 Å². The number of benzene rings is 1. The second-order valence-electron chi connectivity index (χ2n) is 6.45. The molecule has 3 rings (SSSR count). The zero-order chi connectivity index (χ0) is 17.1. The summed E-state index contributed by atoms with van der Waals surface area (Å²) in [7, 11) is 0. The predicted molar refractivity (Wildman–Crippen MR) is 87.6 cm³/mol. The first-order valence-corrected chi connectivity index (χ1v) is 8.34. The van der Waals surface area contributed by atoms with Crippen molar-refractivity contribution in [3.63, 3.8) is 0 Å². The Morgan fingerprint density at radius 3 is 2.83 bits per heavy atom. The van der Waals surface area contributed by atoms with Gasteiger partial charge in [-0.3, -0.25) is 9.69 Å². The van der Waals surface area contributed by atoms with Crippen LogP contribution in [0.25, 0.3) is 0 Å². The number of ether oxygens (including phenoxy) is 1. The summed E-state index contributed by atoms with van der Waals surface area (Å²) >= 11 is 0. The van der Waals surface area contributed by atoms with Crippen LogP contribution in [0.4, 0.5) is 14.5 Å². The van der Waals surface area contributed by atoms with Gasteiger partial charge in [-0.15, -0.1) is 0 Å². The van der Waals surface area contributed by atoms with Gasteiger partial charge in [0.2, 0.25) is 0 Å². The lowest BCUT2D eigenvalue weighted by molar-refractivity contribution is -0.118. The van der Waals surface area contributed by atoms with Crippen molar-refractivity contribution in [3.8, 4) is 5.75 Å². The maximum absolute atomic E-state index is 12.4. The minimum atomic E-state index is -2.26. The molecule has 0 bridgehead atoms. The molecule has 24 heavy (non-hydrogen) atoms. The lowest BCUT2D eigenvalue weighted by Crippen LogP contribution is -2.44. The van der Waals surface area contributed by atoms with Crippen LogP contribution in [0.15, 0.2) is 18.2 Å². The molecule has 0 aromatic heterocycles. The molecular formula is C17H23F2N3O2. The molecular weight excluding hydrogens is 316 g/mol. The number of hydrogen-bond acceptors (Lipinski definition) is 4. The number of piperidine rings is 1. The van der Waals surface area contributed by atoms with Crippen LogP contribution >= 0.6 is 0 Å². The first-order chi connectivity index (χ1) is 11.5. The number of nitrogens with zero attached hydrogens (tertiary/aromatic N) is 1. The molecule has 0 spiro atoms. The molecule has 1 saturated heterocycles. The molecule has 2 aliphatic rings. The van der Waals surface area contributed by atoms with Gasteiger partial charge >= 0.3 is 0 Å². The highest BCUT2D eigenvalue weighted by molar-refractivity contribution is 5.95. The monoisotopic (exact) mass is 339 g/mol. The van der Waals surface area contributed by atoms with Crippen molar-refractivity contribution in [2.24, 2.45) is 0 Å². The number of amides is 1. The van der Waals surface area contributed by atoms with E-state index in [1.165, 1.54) is 0 Å². The molecule has 2 heterocycles. The largest absolute Gasteiger partial charge is 0.482 e. The van der Waals surface area contributed by atoms with Gasteiger partial charge in [0.1, 0.15) is 5.75 Å². The molecule has 1 aromatic carbocycles. The quantitative estimate of drug-likeness (QED) is 0.865. The van der Waals surface area contributed by atoms with E-state index in [0.29, 0.717) is 30.6 Å². The van der Waals surface area contributed by atoms with Crippen LogP contribution in [-0.2, 0) is 4.79 Å². The highest BCUT2D eigenvalue weighted by atomic mass is 19.3. The van der Waals surface area contributed by atoms with Crippen molar-refractivity contribution >= 4 is 11.6 Å². The summed E-state index contributed by atoms with van der Waals surface area (Å²) < 4.78 is 30.2. The van der Waals surface area contributed by atoms with Gasteiger partial charge in [-0.1, -0.05) is 6.07 Å². The molecule has 0 saturated carbocycles. The Hall–Kier alpha value is -1.73. The Kier molecular flexibility index (Phi) is 5.30. The summed E-state index contributed by atoms with van der Waals surface area (Å²) in [5.74, 6) is 0.539. The van der Waals surface area contributed by atoms with E-state index in [1.54, 1.807) is 0 Å². The molecule has 2 N–H and O–H groups in total. The van der Waals surface area contributed by atoms with Crippen LogP contribution in [0.3, 0.4) is 0 Å². The minimum Gasteiger partial charge on any atom is -0.482 e. The Bertz CT molecular complexity index is 589. The van der Waals surface area contributed by atoms with Crippen LogP contribution in [0.1, 0.15) is 31.4 Å². The average Bonchev–Trinajstić information content (AvgIpc) is 2.55. The molecule has 0 unspecified atom stereocenters. The van der Waals surface area contributed by atoms with Gasteiger partial charge < -0.3 is 15.4 Å². The summed E-state index contributed by atoms with van der Waals surface area (Å²) in [6.45, 7) is 3.38. The standard InChI is InChI=1S/C17H23F2N3O2/c1-11(20-13-4-6-22(7-5-13)9-16(18)19)12-2-3-15-14(8-12)21-17(23)10-24-15/h2-3,8,11,13,16,20H,4-7,9-10H2,1H3,(H,21,23)/t11-/m0/s1. The number of likely N-dealkylation sites (tertiary alicyclic amines) is 1. The molecule has 132 valence electrons. The molecule has 2 aliphatic heterocycles. The third kappa shape index (κ3) is 4.21. The third-order valence-electron chi connectivity index (χ3n) is 4.61. The van der Waals surface area contributed by atoms with Gasteiger partial charge in [0, 0.05) is 12.1 Å². The first kappa shape index (κ1) is 17.1. The van der Waals surface area contributed by atoms with E-state index in [9.17, 15) is 13.6 Å². The second kappa shape index (κ2) is 7.44. The Labute approximate surface area is 140 Å². The normalized spacial score (nSPS) is 20.4. The molecule has 5 nitrogen and oxygen atoms in total. The molecule has 1 aromatic rings. The average molecular weight is 339 g/mol. The van der Waals surface area contributed by atoms with Crippen LogP contribution in [0, 0.1) is 0 Å². The number of nitrogens with one attached hydrogen (secondary N) is 2. The SMILES string of the molecule is C[C@H](NC1CCN(CC(F)F)CC1)c1ccc2c(c1)NC(=O)CO2. The molecule has 7 heteroatoms. The van der Waals surface area contributed by atoms with Crippen molar-refractivity contribution in [2.45, 2.75) is 38.3 Å². The summed E-state index contributed by atoms with van der Waals surface area (Å²) in [6.07, 6.45) is -0.537. The number of rotatable bonds is 5. The van der Waals surface area contributed by atoms with Crippen LogP contribution in [-0.4, -0.2) is 49.5 Å². The number of halogens is 2. The smallest absolute Gasteiger partial charge is 0.262 e. The Balaban J connectivity index is 1.55. The lowest BCUT2D eigenvalue weighted by Gasteiger charge is -2.34. The fourth-order valence-electron chi connectivity index (χ4n) is 3.30. The molecule has 1 amide bonds. The summed E-state index contributed by atoms with van der Waals surface area (Å²) in [5.41, 5.74) is 1.76. The van der Waals surface area contributed by atoms with Crippen molar-refractivity contribution in [3.05, 3.63) is 23.8 Å². The van der Waals surface area contributed by atoms with Crippen molar-refractivity contribution in [1.82, 2.24) is 10.2 Å². The number of fused-ring (bicyclic) bond motifs is 1. The van der Waals surface area contributed by atoms with Gasteiger partial charge in [0.25, 0.3) is 12.3 Å². The number of alkyl halides is 2. The van der Waals surface area contributed by atoms with Crippen LogP contribution < -0.4 is 15.4 Å². The van der Waals surface area contributed by atoms with Crippen molar-refractivity contribution < 1.29 is 18.3 Å². The van der Waals surface area contributed by atoms with E-state index in [0.717, 1.165) is 18.4 Å². The van der Waals surface area contributed by atoms with Gasteiger partial charge in [0.15, 0.2) is 6.61 Å². The van der Waals surface area contributed by atoms with Gasteiger partial charge in [-0.05, 0) is 50.6 Å². The van der Waals surface area contributed by atoms with Crippen molar-refractivity contribution in [2.75, 3.05) is 31.6 Å². The summed E-state index contributed by atoms with van der Waals surface area (Å²) in [5, 5.41) is 6.37. The van der Waals surface area contributed by atoms with Gasteiger partial charge in [-0.25, -0.2) is 8.78 Å². The van der Waals surface area contributed by atoms with E-state index in [1.807, 2.05) is 23.1 Å². The molecule has 0 radical (unpaired) electrons. The van der Waals surface area contributed by atoms with Gasteiger partial charge in [0.05, 0.1) is 12.2 Å². The predicted octanol–water partition coefficient (Wildman–Crippen LogP) is 2.40. The Morgan fingerprint density at radius 2 is 2.12 bits per heavy atom. The van der Waals surface area contributed by atoms with Gasteiger partial charge in [-0.2, -0.15) is 0 Å². The lowest BCUT2D eigenvalue weighted by atomic mass is 10.0. The zero-order valence-electron chi connectivity index (χ0n) is 13.7. The molecule has 1 atom stereocenters. The maximum Gasteiger partial charge on any atom is 0.262 e. The van der Waals surface area contributed by atoms with Crippen LogP contribution in [0.2, 0.25) is 0 Å². The second-order valence-corrected chi connectivity index (χ2v) is 6.45. The number of carbonyl (C=O) groups excluding carboxylic acids is 1. The van der Waals surface area contributed by atoms with E-state index in [-0.39, 0.29) is 25.1 Å². The van der Waals surface area contributed by atoms with E-state index >= 15 is 0 Å². The summed E-state index contributed by atoms with van der Waals surface area (Å²) in [4.78, 5) is 13.2. The highest BCUT2D eigenvalue weighted by Crippen LogP contribution is 2.31. The van der Waals surface area contributed by atoms with E-state index < -0.39 is 6.43 Å². The fourth-order valence-corrected chi connectivity index (χ4v) is 3.30. The number of hydrogen-bond donors (Lipinski definition) is 2. The number of carbonyl (C=O) groups is 1. The Morgan fingerprint density at radius 1 is 1.38 bits per heavy atom. The van der Waals surface area contributed by atoms with Crippen molar-refractivity contribution in [1.29, 1.82) is 0 Å². The first-order valence-electron chi connectivity index (χ1n) is 8.34. The third-order valence-corrected chi connectivity index (χ3v) is 4.61. The molecule has 0 aliphatic carbocycles. The highest BCUT2D eigenvalue weighted by Gasteiger charge is 2.23. The fraction of sp³-hybridized carbons (Fsp3) is 0.588. The van der Waals surface area contributed by atoms with E-state index in [2.05, 4.69) is 17.6 Å². The zero-order valence-corrected chi connectivity index (χ0v) is 13.7. The number of anilines is 1. The maximum atomic E-state index is 12.4. The van der Waals surface area contributed by atoms with E-state index in [4.69, 9.17) is 4.74 Å². The van der Waals surface area contributed by atoms with Crippen LogP contribution in [0.5, 0.6) is 5.75 Å². The summed E-state index contributed by atoms with van der Waals surface area (Å²) in [6, 6.07) is 6.21. The molecule has 1 fully saturated rings.